The summed E-state index contributed by atoms with van der Waals surface area (Å²) in [7, 11) is -7.52. The van der Waals surface area contributed by atoms with Crippen LogP contribution in [0.3, 0.4) is 0 Å². The van der Waals surface area contributed by atoms with E-state index in [4.69, 9.17) is 4.55 Å². The Hall–Kier alpha value is -0.840. The number of sulfonamides is 1. The van der Waals surface area contributed by atoms with E-state index in [1.807, 2.05) is 41.5 Å². The molecular weight excluding hydrogens is 502 g/mol. The number of carbonyl (C=O) groups excluding carboxylic acids is 2. The molecule has 0 aromatic rings. The molecule has 0 saturated heterocycles. The zero-order valence-electron chi connectivity index (χ0n) is 23.1. The third kappa shape index (κ3) is 4.51. The molecule has 4 unspecified atom stereocenters. The van der Waals surface area contributed by atoms with Gasteiger partial charge in [0.15, 0.2) is 0 Å². The Morgan fingerprint density at radius 3 is 1.39 bits per heavy atom. The van der Waals surface area contributed by atoms with Gasteiger partial charge in [0.25, 0.3) is 10.1 Å². The van der Waals surface area contributed by atoms with Gasteiger partial charge < -0.3 is 0 Å². The molecule has 0 aromatic heterocycles. The fourth-order valence-electron chi connectivity index (χ4n) is 8.15. The van der Waals surface area contributed by atoms with Gasteiger partial charge in [-0.2, -0.15) is 12.7 Å². The van der Waals surface area contributed by atoms with E-state index in [1.54, 1.807) is 4.31 Å². The topological polar surface area (TPSA) is 126 Å². The highest BCUT2D eigenvalue weighted by atomic mass is 32.2. The second-order valence-electron chi connectivity index (χ2n) is 13.3. The first-order valence-corrected chi connectivity index (χ1v) is 16.4. The van der Waals surface area contributed by atoms with Gasteiger partial charge in [-0.15, -0.1) is 0 Å². The maximum Gasteiger partial charge on any atom is 0.265 e. The van der Waals surface area contributed by atoms with Crippen molar-refractivity contribution in [1.82, 2.24) is 4.31 Å². The van der Waals surface area contributed by atoms with Gasteiger partial charge in [0.05, 0.1) is 16.9 Å². The summed E-state index contributed by atoms with van der Waals surface area (Å²) in [4.78, 5) is 24.4. The van der Waals surface area contributed by atoms with Gasteiger partial charge in [0.1, 0.15) is 11.6 Å². The lowest BCUT2D eigenvalue weighted by Gasteiger charge is -2.39. The van der Waals surface area contributed by atoms with Crippen LogP contribution in [-0.2, 0) is 29.7 Å². The van der Waals surface area contributed by atoms with E-state index in [2.05, 4.69) is 13.8 Å². The molecular formula is C26H45NO7S2. The number of carbonyl (C=O) groups is 2. The number of ketones is 2. The van der Waals surface area contributed by atoms with Crippen molar-refractivity contribution in [1.29, 1.82) is 0 Å². The lowest BCUT2D eigenvalue weighted by Crippen LogP contribution is -2.50. The molecule has 0 amide bonds. The smallest absolute Gasteiger partial charge is 0.265 e. The molecule has 0 aromatic carbocycles. The highest BCUT2D eigenvalue weighted by molar-refractivity contribution is 7.89. The van der Waals surface area contributed by atoms with Gasteiger partial charge in [-0.05, 0) is 76.0 Å². The summed E-state index contributed by atoms with van der Waals surface area (Å²) < 4.78 is 58.5. The SMILES string of the molecule is CC(C)N(C(C)C)S(=O)(=O)CC12CCC(CC1=O)C2(C)C.CC1(C)C2CCC1(CS(=O)(=O)O)C(=O)C2. The number of nitrogens with zero attached hydrogens (tertiary/aromatic N) is 1. The monoisotopic (exact) mass is 547 g/mol. The van der Waals surface area contributed by atoms with Crippen molar-refractivity contribution in [2.45, 2.75) is 106 Å². The van der Waals surface area contributed by atoms with Crippen molar-refractivity contribution in [3.05, 3.63) is 0 Å². The van der Waals surface area contributed by atoms with Crippen LogP contribution in [0.2, 0.25) is 0 Å². The van der Waals surface area contributed by atoms with Crippen LogP contribution in [-0.4, -0.2) is 60.8 Å². The van der Waals surface area contributed by atoms with Crippen molar-refractivity contribution in [2.75, 3.05) is 11.5 Å². The number of rotatable bonds is 7. The molecule has 4 fully saturated rings. The fourth-order valence-corrected chi connectivity index (χ4v) is 12.2. The summed E-state index contributed by atoms with van der Waals surface area (Å²) in [5.74, 6) is 0.403. The third-order valence-corrected chi connectivity index (χ3v) is 13.7. The van der Waals surface area contributed by atoms with E-state index in [0.29, 0.717) is 25.2 Å². The van der Waals surface area contributed by atoms with E-state index in [9.17, 15) is 26.4 Å². The second kappa shape index (κ2) is 9.12. The highest BCUT2D eigenvalue weighted by Crippen LogP contribution is 2.65. The molecule has 4 rings (SSSR count). The summed E-state index contributed by atoms with van der Waals surface area (Å²) in [6, 6.07) is -0.161. The van der Waals surface area contributed by atoms with Crippen molar-refractivity contribution in [2.24, 2.45) is 33.5 Å². The molecule has 0 spiro atoms. The van der Waals surface area contributed by atoms with E-state index < -0.39 is 36.7 Å². The summed E-state index contributed by atoms with van der Waals surface area (Å²) in [5.41, 5.74) is -1.99. The maximum absolute atomic E-state index is 13.0. The van der Waals surface area contributed by atoms with Crippen LogP contribution in [0.15, 0.2) is 0 Å². The minimum Gasteiger partial charge on any atom is -0.299 e. The van der Waals surface area contributed by atoms with Crippen LogP contribution >= 0.6 is 0 Å². The summed E-state index contributed by atoms with van der Waals surface area (Å²) in [5, 5.41) is 0. The first kappa shape index (κ1) is 29.7. The van der Waals surface area contributed by atoms with E-state index >= 15 is 0 Å². The van der Waals surface area contributed by atoms with Crippen LogP contribution in [0.25, 0.3) is 0 Å². The predicted octanol–water partition coefficient (Wildman–Crippen LogP) is 4.10. The Morgan fingerprint density at radius 2 is 1.14 bits per heavy atom. The number of Topliss-reactive ketones (excluding diaryl/α,β-unsaturated/α-hetero) is 2. The van der Waals surface area contributed by atoms with E-state index in [0.717, 1.165) is 19.3 Å². The molecule has 8 nitrogen and oxygen atoms in total. The summed E-state index contributed by atoms with van der Waals surface area (Å²) in [6.45, 7) is 15.6. The minimum atomic E-state index is -4.08. The highest BCUT2D eigenvalue weighted by Gasteiger charge is 2.66. The summed E-state index contributed by atoms with van der Waals surface area (Å²) in [6.07, 6.45) is 4.25. The average Bonchev–Trinajstić information content (AvgIpc) is 3.19. The fraction of sp³-hybridized carbons (Fsp3) is 0.923. The van der Waals surface area contributed by atoms with Gasteiger partial charge in [0.2, 0.25) is 10.0 Å². The van der Waals surface area contributed by atoms with E-state index in [-0.39, 0.29) is 46.2 Å². The minimum absolute atomic E-state index is 0.0152. The zero-order chi connectivity index (χ0) is 27.7. The number of hydrogen-bond acceptors (Lipinski definition) is 6. The molecule has 4 aliphatic carbocycles. The third-order valence-electron chi connectivity index (χ3n) is 10.5. The average molecular weight is 548 g/mol. The van der Waals surface area contributed by atoms with Crippen LogP contribution < -0.4 is 0 Å². The van der Waals surface area contributed by atoms with Gasteiger partial charge in [-0.3, -0.25) is 14.1 Å². The molecule has 4 aliphatic rings. The normalized spacial score (nSPS) is 34.7. The Kier molecular flexibility index (Phi) is 7.53. The molecule has 208 valence electrons. The molecule has 10 heteroatoms. The molecule has 4 bridgehead atoms. The lowest BCUT2D eigenvalue weighted by molar-refractivity contribution is -0.128. The summed E-state index contributed by atoms with van der Waals surface area (Å²) >= 11 is 0. The Bertz CT molecular complexity index is 1110. The van der Waals surface area contributed by atoms with Crippen LogP contribution in [0, 0.1) is 33.5 Å². The van der Waals surface area contributed by atoms with Crippen molar-refractivity contribution in [3.8, 4) is 0 Å². The van der Waals surface area contributed by atoms with E-state index in [1.165, 1.54) is 0 Å². The first-order chi connectivity index (χ1) is 16.1. The van der Waals surface area contributed by atoms with Crippen molar-refractivity contribution < 1.29 is 31.0 Å². The maximum atomic E-state index is 13.0. The first-order valence-electron chi connectivity index (χ1n) is 13.2. The molecule has 0 heterocycles. The predicted molar refractivity (Wildman–Crippen MR) is 139 cm³/mol. The Morgan fingerprint density at radius 1 is 0.778 bits per heavy atom. The second-order valence-corrected chi connectivity index (χ2v) is 16.7. The van der Waals surface area contributed by atoms with Crippen LogP contribution in [0.5, 0.6) is 0 Å². The van der Waals surface area contributed by atoms with Crippen molar-refractivity contribution in [3.63, 3.8) is 0 Å². The van der Waals surface area contributed by atoms with Crippen molar-refractivity contribution >= 4 is 31.7 Å². The molecule has 4 saturated carbocycles. The zero-order valence-corrected chi connectivity index (χ0v) is 24.8. The molecule has 4 atom stereocenters. The van der Waals surface area contributed by atoms with Gasteiger partial charge in [0, 0.05) is 30.3 Å². The largest absolute Gasteiger partial charge is 0.299 e. The number of hydrogen-bond donors (Lipinski definition) is 1. The van der Waals surface area contributed by atoms with Crippen LogP contribution in [0.1, 0.15) is 93.9 Å². The van der Waals surface area contributed by atoms with Gasteiger partial charge in [-0.25, -0.2) is 8.42 Å². The molecule has 0 radical (unpaired) electrons. The van der Waals surface area contributed by atoms with Crippen LogP contribution in [0.4, 0.5) is 0 Å². The van der Waals surface area contributed by atoms with Gasteiger partial charge >= 0.3 is 0 Å². The lowest BCUT2D eigenvalue weighted by atomic mass is 9.70. The standard InChI is InChI=1S/C16H29NO3S.C10H16O4S/c1-11(2)17(12(3)4)21(19,20)10-16-8-7-13(9-14(16)18)15(16,5)6;1-9(2)7-3-4-10(9,8(11)5-7)6-15(12,13)14/h11-13H,7-10H2,1-6H3;7H,3-6H2,1-2H3,(H,12,13,14). The quantitative estimate of drug-likeness (QED) is 0.476. The molecule has 36 heavy (non-hydrogen) atoms. The Labute approximate surface area is 217 Å². The number of fused-ring (bicyclic) bond motifs is 4. The molecule has 1 N–H and O–H groups in total. The molecule has 0 aliphatic heterocycles. The van der Waals surface area contributed by atoms with Gasteiger partial charge in [-0.1, -0.05) is 27.7 Å². The Balaban J connectivity index is 0.000000212.